The van der Waals surface area contributed by atoms with E-state index >= 15 is 0 Å². The first kappa shape index (κ1) is 14.0. The van der Waals surface area contributed by atoms with Crippen LogP contribution in [0.15, 0.2) is 12.1 Å². The molecule has 1 aliphatic heterocycles. The Morgan fingerprint density at radius 2 is 1.90 bits per heavy atom. The van der Waals surface area contributed by atoms with Crippen LogP contribution in [0.25, 0.3) is 0 Å². The van der Waals surface area contributed by atoms with E-state index in [0.29, 0.717) is 48.9 Å². The van der Waals surface area contributed by atoms with Gasteiger partial charge in [-0.25, -0.2) is 0 Å². The molecule has 0 bridgehead atoms. The number of rotatable bonds is 3. The largest absolute Gasteiger partial charge is 0.496 e. The third-order valence-corrected chi connectivity index (χ3v) is 4.44. The minimum atomic E-state index is -0.926. The molecular formula is C16H20O5. The molecule has 1 heterocycles. The number of carboxylic acid groups (broad SMARTS) is 1. The van der Waals surface area contributed by atoms with E-state index in [1.165, 1.54) is 0 Å². The molecule has 5 nitrogen and oxygen atoms in total. The molecule has 0 amide bonds. The number of methoxy groups -OCH3 is 1. The van der Waals surface area contributed by atoms with Gasteiger partial charge in [0, 0.05) is 6.42 Å². The van der Waals surface area contributed by atoms with Gasteiger partial charge < -0.3 is 19.3 Å². The lowest BCUT2D eigenvalue weighted by molar-refractivity contribution is -0.143. The van der Waals surface area contributed by atoms with Crippen molar-refractivity contribution >= 4 is 5.97 Å². The van der Waals surface area contributed by atoms with Crippen molar-refractivity contribution in [2.24, 2.45) is 0 Å². The molecule has 0 aromatic heterocycles. The fraction of sp³-hybridized carbons (Fsp3) is 0.562. The van der Waals surface area contributed by atoms with Gasteiger partial charge in [-0.3, -0.25) is 4.79 Å². The van der Waals surface area contributed by atoms with E-state index in [2.05, 4.69) is 0 Å². The summed E-state index contributed by atoms with van der Waals surface area (Å²) < 4.78 is 17.0. The molecular weight excluding hydrogens is 272 g/mol. The van der Waals surface area contributed by atoms with Gasteiger partial charge in [0.25, 0.3) is 0 Å². The number of ether oxygens (including phenoxy) is 3. The molecule has 1 aromatic carbocycles. The Morgan fingerprint density at radius 3 is 2.57 bits per heavy atom. The Labute approximate surface area is 123 Å². The highest BCUT2D eigenvalue weighted by atomic mass is 16.5. The lowest BCUT2D eigenvalue weighted by atomic mass is 9.77. The van der Waals surface area contributed by atoms with Crippen LogP contribution in [0.4, 0.5) is 0 Å². The smallest absolute Gasteiger partial charge is 0.314 e. The summed E-state index contributed by atoms with van der Waals surface area (Å²) in [5, 5.41) is 9.86. The fourth-order valence-corrected chi connectivity index (χ4v) is 3.39. The van der Waals surface area contributed by atoms with Gasteiger partial charge in [0.15, 0.2) is 11.5 Å². The molecule has 21 heavy (non-hydrogen) atoms. The Hall–Kier alpha value is -1.91. The van der Waals surface area contributed by atoms with Gasteiger partial charge in [0.1, 0.15) is 11.2 Å². The highest BCUT2D eigenvalue weighted by Gasteiger charge is 2.47. The van der Waals surface area contributed by atoms with Crippen molar-refractivity contribution in [1.82, 2.24) is 0 Å². The Morgan fingerprint density at radius 1 is 1.19 bits per heavy atom. The van der Waals surface area contributed by atoms with E-state index < -0.39 is 11.4 Å². The normalized spacial score (nSPS) is 19.9. The van der Waals surface area contributed by atoms with Gasteiger partial charge in [0.2, 0.25) is 0 Å². The summed E-state index contributed by atoms with van der Waals surface area (Å²) in [6.45, 7) is 1.11. The number of aliphatic carboxylic acids is 1. The van der Waals surface area contributed by atoms with Crippen molar-refractivity contribution < 1.29 is 24.1 Å². The van der Waals surface area contributed by atoms with Crippen LogP contribution in [0.2, 0.25) is 0 Å². The van der Waals surface area contributed by atoms with E-state index in [0.717, 1.165) is 19.3 Å². The van der Waals surface area contributed by atoms with E-state index in [1.54, 1.807) is 19.2 Å². The summed E-state index contributed by atoms with van der Waals surface area (Å²) in [5.74, 6) is 0.940. The van der Waals surface area contributed by atoms with Crippen LogP contribution in [0, 0.1) is 0 Å². The zero-order valence-corrected chi connectivity index (χ0v) is 12.2. The van der Waals surface area contributed by atoms with E-state index in [4.69, 9.17) is 14.2 Å². The maximum absolute atomic E-state index is 12.0. The van der Waals surface area contributed by atoms with Gasteiger partial charge in [0.05, 0.1) is 25.9 Å². The number of carbonyl (C=O) groups is 1. The molecule has 1 saturated carbocycles. The molecule has 0 radical (unpaired) electrons. The number of hydrogen-bond acceptors (Lipinski definition) is 4. The van der Waals surface area contributed by atoms with Crippen molar-refractivity contribution in [3.8, 4) is 17.2 Å². The fourth-order valence-electron chi connectivity index (χ4n) is 3.39. The predicted molar refractivity (Wildman–Crippen MR) is 76.4 cm³/mol. The lowest BCUT2D eigenvalue weighted by Gasteiger charge is -2.29. The van der Waals surface area contributed by atoms with Crippen LogP contribution in [0.1, 0.15) is 37.7 Å². The highest BCUT2D eigenvalue weighted by Crippen LogP contribution is 2.52. The lowest BCUT2D eigenvalue weighted by Crippen LogP contribution is -2.33. The van der Waals surface area contributed by atoms with Gasteiger partial charge in [-0.2, -0.15) is 0 Å². The second-order valence-electron chi connectivity index (χ2n) is 5.61. The number of carboxylic acids is 1. The van der Waals surface area contributed by atoms with Crippen molar-refractivity contribution in [2.75, 3.05) is 20.3 Å². The summed E-state index contributed by atoms with van der Waals surface area (Å²) >= 11 is 0. The first-order chi connectivity index (χ1) is 10.2. The summed E-state index contributed by atoms with van der Waals surface area (Å²) in [5.41, 5.74) is -0.279. The van der Waals surface area contributed by atoms with Crippen LogP contribution < -0.4 is 14.2 Å². The van der Waals surface area contributed by atoms with Crippen molar-refractivity contribution in [3.05, 3.63) is 17.7 Å². The average Bonchev–Trinajstić information content (AvgIpc) is 2.86. The zero-order chi connectivity index (χ0) is 14.9. The topological polar surface area (TPSA) is 65.0 Å². The molecule has 1 N–H and O–H groups in total. The third-order valence-electron chi connectivity index (χ3n) is 4.44. The first-order valence-corrected chi connectivity index (χ1v) is 7.39. The molecule has 0 atom stereocenters. The second kappa shape index (κ2) is 5.47. The summed E-state index contributed by atoms with van der Waals surface area (Å²) in [4.78, 5) is 12.0. The summed E-state index contributed by atoms with van der Waals surface area (Å²) in [6.07, 6.45) is 3.81. The third kappa shape index (κ3) is 2.20. The average molecular weight is 292 g/mol. The van der Waals surface area contributed by atoms with Gasteiger partial charge in [-0.1, -0.05) is 12.8 Å². The summed E-state index contributed by atoms with van der Waals surface area (Å²) in [7, 11) is 1.56. The molecule has 0 spiro atoms. The Balaban J connectivity index is 2.21. The molecule has 3 rings (SSSR count). The molecule has 0 unspecified atom stereocenters. The maximum Gasteiger partial charge on any atom is 0.314 e. The van der Waals surface area contributed by atoms with Crippen LogP contribution in [-0.4, -0.2) is 31.4 Å². The zero-order valence-electron chi connectivity index (χ0n) is 12.2. The molecule has 0 saturated heterocycles. The monoisotopic (exact) mass is 292 g/mol. The first-order valence-electron chi connectivity index (χ1n) is 7.39. The molecule has 1 fully saturated rings. The number of benzene rings is 1. The Bertz CT molecular complexity index is 546. The molecule has 114 valence electrons. The molecule has 5 heteroatoms. The predicted octanol–water partition coefficient (Wildman–Crippen LogP) is 2.75. The summed E-state index contributed by atoms with van der Waals surface area (Å²) in [6, 6.07) is 3.58. The van der Waals surface area contributed by atoms with Gasteiger partial charge in [-0.15, -0.1) is 0 Å². The quantitative estimate of drug-likeness (QED) is 0.928. The van der Waals surface area contributed by atoms with E-state index in [9.17, 15) is 9.90 Å². The highest BCUT2D eigenvalue weighted by molar-refractivity contribution is 5.85. The Kier molecular flexibility index (Phi) is 3.66. The van der Waals surface area contributed by atoms with Crippen molar-refractivity contribution in [3.63, 3.8) is 0 Å². The van der Waals surface area contributed by atoms with Crippen LogP contribution in [0.3, 0.4) is 0 Å². The number of fused-ring (bicyclic) bond motifs is 1. The molecule has 2 aliphatic rings. The minimum Gasteiger partial charge on any atom is -0.496 e. The maximum atomic E-state index is 12.0. The molecule has 1 aromatic rings. The molecule has 1 aliphatic carbocycles. The number of hydrogen-bond donors (Lipinski definition) is 1. The SMILES string of the molecule is COc1ccc2c(c1C1(C(=O)O)CCCC1)OCCCO2. The van der Waals surface area contributed by atoms with Crippen LogP contribution in [0.5, 0.6) is 17.2 Å². The van der Waals surface area contributed by atoms with Gasteiger partial charge in [-0.05, 0) is 25.0 Å². The second-order valence-corrected chi connectivity index (χ2v) is 5.61. The van der Waals surface area contributed by atoms with Crippen LogP contribution >= 0.6 is 0 Å². The standard InChI is InChI=1S/C16H20O5/c1-19-11-5-6-12-14(21-10-4-9-20-12)13(11)16(15(17)18)7-2-3-8-16/h5-6H,2-4,7-10H2,1H3,(H,17,18). The van der Waals surface area contributed by atoms with Crippen molar-refractivity contribution in [1.29, 1.82) is 0 Å². The van der Waals surface area contributed by atoms with E-state index in [1.807, 2.05) is 0 Å². The van der Waals surface area contributed by atoms with E-state index in [-0.39, 0.29) is 0 Å². The minimum absolute atomic E-state index is 0.531. The van der Waals surface area contributed by atoms with Crippen molar-refractivity contribution in [2.45, 2.75) is 37.5 Å². The van der Waals surface area contributed by atoms with Crippen LogP contribution in [-0.2, 0) is 10.2 Å². The van der Waals surface area contributed by atoms with Gasteiger partial charge >= 0.3 is 5.97 Å².